The van der Waals surface area contributed by atoms with Gasteiger partial charge in [-0.15, -0.1) is 0 Å². The molecule has 0 saturated carbocycles. The number of imide groups is 1. The van der Waals surface area contributed by atoms with Crippen LogP contribution in [0.3, 0.4) is 0 Å². The molecule has 2 atom stereocenters. The lowest BCUT2D eigenvalue weighted by molar-refractivity contribution is -0.122. The Morgan fingerprint density at radius 2 is 1.54 bits per heavy atom. The average Bonchev–Trinajstić information content (AvgIpc) is 2.87. The van der Waals surface area contributed by atoms with E-state index < -0.39 is 0 Å². The van der Waals surface area contributed by atoms with Crippen molar-refractivity contribution in [2.24, 2.45) is 11.8 Å². The third-order valence-electron chi connectivity index (χ3n) is 5.06. The van der Waals surface area contributed by atoms with Crippen LogP contribution in [0.1, 0.15) is 24.0 Å². The molecule has 1 heterocycles. The Morgan fingerprint density at radius 1 is 0.875 bits per heavy atom. The van der Waals surface area contributed by atoms with E-state index in [2.05, 4.69) is 18.2 Å². The van der Waals surface area contributed by atoms with Gasteiger partial charge in [-0.3, -0.25) is 14.5 Å². The van der Waals surface area contributed by atoms with Crippen molar-refractivity contribution in [1.29, 1.82) is 0 Å². The number of hydrogen-bond acceptors (Lipinski definition) is 2. The summed E-state index contributed by atoms with van der Waals surface area (Å²) in [6.07, 6.45) is 3.41. The lowest BCUT2D eigenvalue weighted by Gasteiger charge is -2.21. The maximum absolute atomic E-state index is 12.9. The van der Waals surface area contributed by atoms with Crippen LogP contribution < -0.4 is 4.90 Å². The molecule has 3 heteroatoms. The van der Waals surface area contributed by atoms with Gasteiger partial charge in [0.2, 0.25) is 11.8 Å². The SMILES string of the molecule is Cc1ccc(N2C(=O)[C@H]3CC(c4ccccc4)=CC[C@H]3C2=O)cc1. The molecule has 1 fully saturated rings. The third kappa shape index (κ3) is 2.37. The summed E-state index contributed by atoms with van der Waals surface area (Å²) in [5.41, 5.74) is 4.11. The number of carbonyl (C=O) groups excluding carboxylic acids is 2. The minimum atomic E-state index is -0.237. The normalized spacial score (nSPS) is 23.2. The minimum absolute atomic E-state index is 0.0581. The van der Waals surface area contributed by atoms with E-state index in [4.69, 9.17) is 0 Å². The molecule has 0 bridgehead atoms. The van der Waals surface area contributed by atoms with E-state index in [1.807, 2.05) is 49.4 Å². The molecule has 0 aromatic heterocycles. The monoisotopic (exact) mass is 317 g/mol. The van der Waals surface area contributed by atoms with Gasteiger partial charge in [0.15, 0.2) is 0 Å². The highest BCUT2D eigenvalue weighted by atomic mass is 16.2. The molecule has 2 amide bonds. The van der Waals surface area contributed by atoms with E-state index >= 15 is 0 Å². The highest BCUT2D eigenvalue weighted by Crippen LogP contribution is 2.42. The molecule has 1 aliphatic carbocycles. The molecule has 0 spiro atoms. The van der Waals surface area contributed by atoms with E-state index in [-0.39, 0.29) is 23.7 Å². The molecule has 1 saturated heterocycles. The molecule has 2 aromatic rings. The van der Waals surface area contributed by atoms with Crippen LogP contribution in [-0.4, -0.2) is 11.8 Å². The highest BCUT2D eigenvalue weighted by Gasteiger charge is 2.49. The zero-order chi connectivity index (χ0) is 16.7. The van der Waals surface area contributed by atoms with Crippen LogP contribution in [-0.2, 0) is 9.59 Å². The fraction of sp³-hybridized carbons (Fsp3) is 0.238. The lowest BCUT2D eigenvalue weighted by atomic mass is 9.79. The van der Waals surface area contributed by atoms with Gasteiger partial charge in [0.05, 0.1) is 17.5 Å². The minimum Gasteiger partial charge on any atom is -0.274 e. The summed E-state index contributed by atoms with van der Waals surface area (Å²) < 4.78 is 0. The first kappa shape index (κ1) is 14.9. The molecule has 1 aliphatic heterocycles. The van der Waals surface area contributed by atoms with Crippen molar-refractivity contribution < 1.29 is 9.59 Å². The first-order valence-electron chi connectivity index (χ1n) is 8.34. The van der Waals surface area contributed by atoms with Gasteiger partial charge in [-0.2, -0.15) is 0 Å². The van der Waals surface area contributed by atoms with E-state index in [0.29, 0.717) is 18.5 Å². The summed E-state index contributed by atoms with van der Waals surface area (Å²) >= 11 is 0. The van der Waals surface area contributed by atoms with Crippen LogP contribution in [0, 0.1) is 18.8 Å². The van der Waals surface area contributed by atoms with E-state index in [1.54, 1.807) is 0 Å². The van der Waals surface area contributed by atoms with Crippen molar-refractivity contribution in [3.8, 4) is 0 Å². The first-order valence-corrected chi connectivity index (χ1v) is 8.34. The van der Waals surface area contributed by atoms with Gasteiger partial charge < -0.3 is 0 Å². The Bertz CT molecular complexity index is 821. The van der Waals surface area contributed by atoms with E-state index in [9.17, 15) is 9.59 Å². The fourth-order valence-corrected chi connectivity index (χ4v) is 3.70. The van der Waals surface area contributed by atoms with Gasteiger partial charge in [0.25, 0.3) is 0 Å². The molecule has 2 aliphatic rings. The maximum Gasteiger partial charge on any atom is 0.238 e. The van der Waals surface area contributed by atoms with Gasteiger partial charge in [-0.1, -0.05) is 54.1 Å². The van der Waals surface area contributed by atoms with Gasteiger partial charge >= 0.3 is 0 Å². The number of hydrogen-bond donors (Lipinski definition) is 0. The zero-order valence-corrected chi connectivity index (χ0v) is 13.6. The Labute approximate surface area is 141 Å². The molecule has 3 nitrogen and oxygen atoms in total. The predicted molar refractivity (Wildman–Crippen MR) is 94.3 cm³/mol. The molecular weight excluding hydrogens is 298 g/mol. The van der Waals surface area contributed by atoms with Crippen molar-refractivity contribution in [3.05, 3.63) is 71.8 Å². The predicted octanol–water partition coefficient (Wildman–Crippen LogP) is 3.98. The lowest BCUT2D eigenvalue weighted by Crippen LogP contribution is -2.30. The summed E-state index contributed by atoms with van der Waals surface area (Å²) in [6, 6.07) is 17.7. The highest BCUT2D eigenvalue weighted by molar-refractivity contribution is 6.22. The molecule has 24 heavy (non-hydrogen) atoms. The number of nitrogens with zero attached hydrogens (tertiary/aromatic N) is 1. The van der Waals surface area contributed by atoms with Crippen molar-refractivity contribution in [2.75, 3.05) is 4.90 Å². The Kier molecular flexibility index (Phi) is 3.57. The van der Waals surface area contributed by atoms with Crippen LogP contribution in [0.2, 0.25) is 0 Å². The summed E-state index contributed by atoms with van der Waals surface area (Å²) in [7, 11) is 0. The van der Waals surface area contributed by atoms with E-state index in [0.717, 1.165) is 11.1 Å². The van der Waals surface area contributed by atoms with Crippen LogP contribution >= 0.6 is 0 Å². The van der Waals surface area contributed by atoms with E-state index in [1.165, 1.54) is 10.5 Å². The van der Waals surface area contributed by atoms with Crippen molar-refractivity contribution in [3.63, 3.8) is 0 Å². The fourth-order valence-electron chi connectivity index (χ4n) is 3.70. The van der Waals surface area contributed by atoms with Gasteiger partial charge in [0.1, 0.15) is 0 Å². The van der Waals surface area contributed by atoms with Gasteiger partial charge in [0, 0.05) is 0 Å². The summed E-state index contributed by atoms with van der Waals surface area (Å²) in [6.45, 7) is 1.99. The number of rotatable bonds is 2. The number of benzene rings is 2. The molecular formula is C21H19NO2. The standard InChI is InChI=1S/C21H19NO2/c1-14-7-10-17(11-8-14)22-20(23)18-12-9-16(13-19(18)21(22)24)15-5-3-2-4-6-15/h2-11,18-19H,12-13H2,1H3/t18-,19+/m1/s1. The van der Waals surface area contributed by atoms with Crippen molar-refractivity contribution >= 4 is 23.1 Å². The second-order valence-corrected chi connectivity index (χ2v) is 6.60. The summed E-state index contributed by atoms with van der Waals surface area (Å²) in [4.78, 5) is 27.0. The average molecular weight is 317 g/mol. The van der Waals surface area contributed by atoms with Crippen LogP contribution in [0.15, 0.2) is 60.7 Å². The Balaban J connectivity index is 1.63. The molecule has 2 aromatic carbocycles. The molecule has 120 valence electrons. The number of amides is 2. The Hall–Kier alpha value is -2.68. The van der Waals surface area contributed by atoms with Crippen LogP contribution in [0.5, 0.6) is 0 Å². The quantitative estimate of drug-likeness (QED) is 0.786. The zero-order valence-electron chi connectivity index (χ0n) is 13.6. The van der Waals surface area contributed by atoms with Crippen LogP contribution in [0.25, 0.3) is 5.57 Å². The number of carbonyl (C=O) groups is 2. The number of fused-ring (bicyclic) bond motifs is 1. The largest absolute Gasteiger partial charge is 0.274 e. The molecule has 0 radical (unpaired) electrons. The topological polar surface area (TPSA) is 37.4 Å². The smallest absolute Gasteiger partial charge is 0.238 e. The number of allylic oxidation sites excluding steroid dienone is 2. The molecule has 0 N–H and O–H groups in total. The van der Waals surface area contributed by atoms with Crippen molar-refractivity contribution in [2.45, 2.75) is 19.8 Å². The first-order chi connectivity index (χ1) is 11.6. The summed E-state index contributed by atoms with van der Waals surface area (Å²) in [5, 5.41) is 0. The molecule has 4 rings (SSSR count). The third-order valence-corrected chi connectivity index (χ3v) is 5.06. The maximum atomic E-state index is 12.9. The second kappa shape index (κ2) is 5.75. The number of aryl methyl sites for hydroxylation is 1. The second-order valence-electron chi connectivity index (χ2n) is 6.60. The van der Waals surface area contributed by atoms with Gasteiger partial charge in [-0.05, 0) is 43.0 Å². The van der Waals surface area contributed by atoms with Crippen molar-refractivity contribution in [1.82, 2.24) is 0 Å². The van der Waals surface area contributed by atoms with Gasteiger partial charge in [-0.25, -0.2) is 0 Å². The summed E-state index contributed by atoms with van der Waals surface area (Å²) in [5.74, 6) is -0.571. The Morgan fingerprint density at radius 3 is 2.25 bits per heavy atom. The van der Waals surface area contributed by atoms with Crippen LogP contribution in [0.4, 0.5) is 5.69 Å². The molecule has 0 unspecified atom stereocenters. The number of anilines is 1.